The normalized spacial score (nSPS) is 16.8. The minimum atomic E-state index is 0.319. The van der Waals surface area contributed by atoms with Crippen molar-refractivity contribution < 1.29 is 4.79 Å². The first kappa shape index (κ1) is 13.1. The predicted molar refractivity (Wildman–Crippen MR) is 73.5 cm³/mol. The summed E-state index contributed by atoms with van der Waals surface area (Å²) >= 11 is 0. The quantitative estimate of drug-likeness (QED) is 0.808. The van der Waals surface area contributed by atoms with Crippen LogP contribution in [0.5, 0.6) is 0 Å². The highest BCUT2D eigenvalue weighted by Crippen LogP contribution is 2.08. The minimum absolute atomic E-state index is 0.319. The summed E-state index contributed by atoms with van der Waals surface area (Å²) in [6.45, 7) is 3.79. The van der Waals surface area contributed by atoms with E-state index in [0.29, 0.717) is 12.3 Å². The van der Waals surface area contributed by atoms with Gasteiger partial charge in [-0.05, 0) is 25.5 Å². The molecular formula is C15H22N2O. The molecule has 0 radical (unpaired) electrons. The van der Waals surface area contributed by atoms with Crippen LogP contribution in [0.15, 0.2) is 30.3 Å². The summed E-state index contributed by atoms with van der Waals surface area (Å²) in [5.41, 5.74) is 1.32. The Hall–Kier alpha value is -1.35. The van der Waals surface area contributed by atoms with E-state index in [1.54, 1.807) is 0 Å². The molecule has 0 bridgehead atoms. The van der Waals surface area contributed by atoms with Crippen LogP contribution < -0.4 is 0 Å². The van der Waals surface area contributed by atoms with Crippen molar-refractivity contribution in [2.24, 2.45) is 0 Å². The van der Waals surface area contributed by atoms with Crippen molar-refractivity contribution in [2.75, 3.05) is 33.2 Å². The van der Waals surface area contributed by atoms with Gasteiger partial charge in [-0.3, -0.25) is 4.79 Å². The molecule has 98 valence electrons. The first-order valence-corrected chi connectivity index (χ1v) is 6.76. The zero-order chi connectivity index (χ0) is 12.8. The van der Waals surface area contributed by atoms with Crippen LogP contribution in [0.3, 0.4) is 0 Å². The van der Waals surface area contributed by atoms with Gasteiger partial charge >= 0.3 is 0 Å². The van der Waals surface area contributed by atoms with Crippen molar-refractivity contribution in [3.05, 3.63) is 35.9 Å². The van der Waals surface area contributed by atoms with E-state index in [4.69, 9.17) is 0 Å². The second-order valence-electron chi connectivity index (χ2n) is 5.02. The number of nitrogens with zero attached hydrogens (tertiary/aromatic N) is 2. The third-order valence-corrected chi connectivity index (χ3v) is 3.55. The topological polar surface area (TPSA) is 23.6 Å². The van der Waals surface area contributed by atoms with Gasteiger partial charge in [0.15, 0.2) is 0 Å². The molecule has 0 atom stereocenters. The van der Waals surface area contributed by atoms with Crippen molar-refractivity contribution in [2.45, 2.75) is 19.3 Å². The molecular weight excluding hydrogens is 224 g/mol. The fourth-order valence-corrected chi connectivity index (χ4v) is 2.30. The van der Waals surface area contributed by atoms with Gasteiger partial charge in [0.2, 0.25) is 5.91 Å². The molecule has 2 rings (SSSR count). The fraction of sp³-hybridized carbons (Fsp3) is 0.533. The maximum absolute atomic E-state index is 12.0. The zero-order valence-corrected chi connectivity index (χ0v) is 11.1. The highest BCUT2D eigenvalue weighted by molar-refractivity contribution is 5.76. The van der Waals surface area contributed by atoms with Crippen molar-refractivity contribution in [1.29, 1.82) is 0 Å². The molecule has 18 heavy (non-hydrogen) atoms. The molecule has 1 heterocycles. The second kappa shape index (κ2) is 6.55. The molecule has 1 fully saturated rings. The molecule has 0 aliphatic carbocycles. The number of aryl methyl sites for hydroxylation is 1. The molecule has 3 nitrogen and oxygen atoms in total. The number of amides is 1. The summed E-state index contributed by atoms with van der Waals surface area (Å²) in [7, 11) is 2.11. The molecule has 0 N–H and O–H groups in total. The maximum Gasteiger partial charge on any atom is 0.222 e. The van der Waals surface area contributed by atoms with E-state index in [2.05, 4.69) is 36.2 Å². The molecule has 1 aliphatic heterocycles. The zero-order valence-electron chi connectivity index (χ0n) is 11.1. The predicted octanol–water partition coefficient (Wildman–Crippen LogP) is 1.78. The molecule has 1 aliphatic rings. The highest BCUT2D eigenvalue weighted by Gasteiger charge is 2.18. The highest BCUT2D eigenvalue weighted by atomic mass is 16.2. The lowest BCUT2D eigenvalue weighted by molar-refractivity contribution is -0.132. The second-order valence-corrected chi connectivity index (χ2v) is 5.02. The van der Waals surface area contributed by atoms with E-state index >= 15 is 0 Å². The van der Waals surface area contributed by atoms with Crippen molar-refractivity contribution >= 4 is 5.91 Å². The number of carbonyl (C=O) groups is 1. The van der Waals surface area contributed by atoms with Gasteiger partial charge in [-0.15, -0.1) is 0 Å². The van der Waals surface area contributed by atoms with E-state index in [9.17, 15) is 4.79 Å². The van der Waals surface area contributed by atoms with E-state index in [1.165, 1.54) is 5.56 Å². The van der Waals surface area contributed by atoms with E-state index in [1.807, 2.05) is 11.0 Å². The minimum Gasteiger partial charge on any atom is -0.340 e. The Labute approximate surface area is 109 Å². The number of hydrogen-bond acceptors (Lipinski definition) is 2. The van der Waals surface area contributed by atoms with Gasteiger partial charge in [0, 0.05) is 32.6 Å². The molecule has 0 aromatic heterocycles. The summed E-state index contributed by atoms with van der Waals surface area (Å²) < 4.78 is 0. The molecule has 1 saturated heterocycles. The Balaban J connectivity index is 1.69. The molecule has 1 amide bonds. The first-order valence-electron chi connectivity index (χ1n) is 6.76. The molecule has 0 saturated carbocycles. The Morgan fingerprint density at radius 3 is 2.44 bits per heavy atom. The lowest BCUT2D eigenvalue weighted by atomic mass is 10.1. The number of hydrogen-bond donors (Lipinski definition) is 0. The molecule has 0 unspecified atom stereocenters. The number of rotatable bonds is 4. The lowest BCUT2D eigenvalue weighted by Crippen LogP contribution is -2.47. The van der Waals surface area contributed by atoms with Crippen LogP contribution in [-0.4, -0.2) is 48.9 Å². The Morgan fingerprint density at radius 1 is 1.11 bits per heavy atom. The van der Waals surface area contributed by atoms with E-state index in [0.717, 1.165) is 39.0 Å². The maximum atomic E-state index is 12.0. The van der Waals surface area contributed by atoms with Gasteiger partial charge in [0.25, 0.3) is 0 Å². The first-order chi connectivity index (χ1) is 8.75. The van der Waals surface area contributed by atoms with Crippen LogP contribution >= 0.6 is 0 Å². The van der Waals surface area contributed by atoms with Gasteiger partial charge in [-0.1, -0.05) is 30.3 Å². The average molecular weight is 246 g/mol. The van der Waals surface area contributed by atoms with Crippen molar-refractivity contribution in [3.63, 3.8) is 0 Å². The number of carbonyl (C=O) groups excluding carboxylic acids is 1. The van der Waals surface area contributed by atoms with E-state index in [-0.39, 0.29) is 0 Å². The summed E-state index contributed by atoms with van der Waals surface area (Å²) in [5, 5.41) is 0. The lowest BCUT2D eigenvalue weighted by Gasteiger charge is -2.32. The van der Waals surface area contributed by atoms with Gasteiger partial charge in [0.1, 0.15) is 0 Å². The van der Waals surface area contributed by atoms with Gasteiger partial charge in [0.05, 0.1) is 0 Å². The largest absolute Gasteiger partial charge is 0.340 e. The number of piperazine rings is 1. The van der Waals surface area contributed by atoms with Crippen LogP contribution in [-0.2, 0) is 11.2 Å². The van der Waals surface area contributed by atoms with Crippen molar-refractivity contribution in [3.8, 4) is 0 Å². The number of likely N-dealkylation sites (N-methyl/N-ethyl adjacent to an activating group) is 1. The summed E-state index contributed by atoms with van der Waals surface area (Å²) in [5.74, 6) is 0.319. The summed E-state index contributed by atoms with van der Waals surface area (Å²) in [4.78, 5) is 16.3. The summed E-state index contributed by atoms with van der Waals surface area (Å²) in [6.07, 6.45) is 2.63. The summed E-state index contributed by atoms with van der Waals surface area (Å²) in [6, 6.07) is 10.4. The van der Waals surface area contributed by atoms with Gasteiger partial charge in [-0.2, -0.15) is 0 Å². The monoisotopic (exact) mass is 246 g/mol. The van der Waals surface area contributed by atoms with Crippen LogP contribution in [0.25, 0.3) is 0 Å². The Bertz CT molecular complexity index is 369. The van der Waals surface area contributed by atoms with Crippen molar-refractivity contribution in [1.82, 2.24) is 9.80 Å². The van der Waals surface area contributed by atoms with Gasteiger partial charge < -0.3 is 9.80 Å². The SMILES string of the molecule is CN1CCN(C(=O)CCCc2ccccc2)CC1. The average Bonchev–Trinajstić information content (AvgIpc) is 2.40. The van der Waals surface area contributed by atoms with Crippen LogP contribution in [0.4, 0.5) is 0 Å². The third-order valence-electron chi connectivity index (χ3n) is 3.55. The standard InChI is InChI=1S/C15H22N2O/c1-16-10-12-17(13-11-16)15(18)9-5-8-14-6-3-2-4-7-14/h2-4,6-7H,5,8-13H2,1H3. The molecule has 1 aromatic rings. The van der Waals surface area contributed by atoms with E-state index < -0.39 is 0 Å². The van der Waals surface area contributed by atoms with Crippen LogP contribution in [0.2, 0.25) is 0 Å². The smallest absolute Gasteiger partial charge is 0.222 e. The Morgan fingerprint density at radius 2 is 1.78 bits per heavy atom. The van der Waals surface area contributed by atoms with Gasteiger partial charge in [-0.25, -0.2) is 0 Å². The fourth-order valence-electron chi connectivity index (χ4n) is 2.30. The third kappa shape index (κ3) is 3.84. The van der Waals surface area contributed by atoms with Crippen LogP contribution in [0, 0.1) is 0 Å². The molecule has 3 heteroatoms. The Kier molecular flexibility index (Phi) is 4.76. The molecule has 1 aromatic carbocycles. The van der Waals surface area contributed by atoms with Crippen LogP contribution in [0.1, 0.15) is 18.4 Å². The molecule has 0 spiro atoms. The number of benzene rings is 1.